The summed E-state index contributed by atoms with van der Waals surface area (Å²) in [5.74, 6) is 0.861. The Labute approximate surface area is 193 Å². The number of likely N-dealkylation sites (tertiary alicyclic amines) is 1. The number of methoxy groups -OCH3 is 1. The number of ether oxygens (including phenoxy) is 1. The van der Waals surface area contributed by atoms with Crippen LogP contribution in [-0.4, -0.2) is 40.6 Å². The summed E-state index contributed by atoms with van der Waals surface area (Å²) >= 11 is 0. The van der Waals surface area contributed by atoms with Gasteiger partial charge in [-0.25, -0.2) is 4.98 Å². The Morgan fingerprint density at radius 2 is 1.76 bits per heavy atom. The average molecular weight is 441 g/mol. The number of amides is 1. The van der Waals surface area contributed by atoms with Crippen molar-refractivity contribution < 1.29 is 9.53 Å². The Morgan fingerprint density at radius 3 is 2.48 bits per heavy atom. The monoisotopic (exact) mass is 440 g/mol. The molecule has 1 amide bonds. The SMILES string of the molecule is COc1ccc(-n2ccc3c(NCc4ccccc4)c(C(=O)N4CCCCC4)cnc32)cc1. The molecule has 1 fully saturated rings. The highest BCUT2D eigenvalue weighted by Crippen LogP contribution is 2.31. The van der Waals surface area contributed by atoms with Gasteiger partial charge < -0.3 is 19.5 Å². The number of pyridine rings is 1. The van der Waals surface area contributed by atoms with Gasteiger partial charge in [-0.2, -0.15) is 0 Å². The van der Waals surface area contributed by atoms with Crippen molar-refractivity contribution >= 4 is 22.6 Å². The van der Waals surface area contributed by atoms with Gasteiger partial charge in [-0.05, 0) is 55.2 Å². The van der Waals surface area contributed by atoms with Gasteiger partial charge in [0.15, 0.2) is 0 Å². The topological polar surface area (TPSA) is 59.4 Å². The quantitative estimate of drug-likeness (QED) is 0.444. The van der Waals surface area contributed by atoms with Gasteiger partial charge in [-0.15, -0.1) is 0 Å². The van der Waals surface area contributed by atoms with Gasteiger partial charge in [0.2, 0.25) is 0 Å². The maximum atomic E-state index is 13.4. The smallest absolute Gasteiger partial charge is 0.257 e. The summed E-state index contributed by atoms with van der Waals surface area (Å²) < 4.78 is 7.33. The van der Waals surface area contributed by atoms with Crippen LogP contribution in [0.3, 0.4) is 0 Å². The van der Waals surface area contributed by atoms with E-state index in [1.54, 1.807) is 13.3 Å². The van der Waals surface area contributed by atoms with Crippen LogP contribution in [0.25, 0.3) is 16.7 Å². The molecule has 0 unspecified atom stereocenters. The molecule has 168 valence electrons. The van der Waals surface area contributed by atoms with Gasteiger partial charge in [0.25, 0.3) is 5.91 Å². The Morgan fingerprint density at radius 1 is 1.00 bits per heavy atom. The van der Waals surface area contributed by atoms with Crippen LogP contribution in [0.15, 0.2) is 73.1 Å². The summed E-state index contributed by atoms with van der Waals surface area (Å²) in [6, 6.07) is 20.1. The molecule has 0 aliphatic carbocycles. The van der Waals surface area contributed by atoms with E-state index in [0.29, 0.717) is 12.1 Å². The molecule has 33 heavy (non-hydrogen) atoms. The molecule has 6 nitrogen and oxygen atoms in total. The molecule has 2 aromatic heterocycles. The van der Waals surface area contributed by atoms with Crippen molar-refractivity contribution in [1.82, 2.24) is 14.5 Å². The summed E-state index contributed by atoms with van der Waals surface area (Å²) in [6.45, 7) is 2.25. The lowest BCUT2D eigenvalue weighted by Gasteiger charge is -2.27. The third-order valence-corrected chi connectivity index (χ3v) is 6.25. The second-order valence-electron chi connectivity index (χ2n) is 8.36. The lowest BCUT2D eigenvalue weighted by Crippen LogP contribution is -2.36. The molecule has 1 N–H and O–H groups in total. The van der Waals surface area contributed by atoms with Gasteiger partial charge >= 0.3 is 0 Å². The van der Waals surface area contributed by atoms with E-state index in [1.807, 2.05) is 64.2 Å². The van der Waals surface area contributed by atoms with E-state index in [9.17, 15) is 4.79 Å². The number of nitrogens with one attached hydrogen (secondary N) is 1. The minimum atomic E-state index is 0.0526. The van der Waals surface area contributed by atoms with Crippen molar-refractivity contribution in [2.45, 2.75) is 25.8 Å². The fourth-order valence-electron chi connectivity index (χ4n) is 4.44. The van der Waals surface area contributed by atoms with E-state index in [2.05, 4.69) is 17.4 Å². The number of carbonyl (C=O) groups excluding carboxylic acids is 1. The van der Waals surface area contributed by atoms with E-state index >= 15 is 0 Å². The summed E-state index contributed by atoms with van der Waals surface area (Å²) in [5.41, 5.74) is 4.43. The molecule has 3 heterocycles. The van der Waals surface area contributed by atoms with Crippen LogP contribution in [-0.2, 0) is 6.54 Å². The van der Waals surface area contributed by atoms with E-state index in [1.165, 1.54) is 6.42 Å². The zero-order valence-electron chi connectivity index (χ0n) is 18.8. The first kappa shape index (κ1) is 21.1. The Kier molecular flexibility index (Phi) is 5.98. The third-order valence-electron chi connectivity index (χ3n) is 6.25. The Balaban J connectivity index is 1.56. The summed E-state index contributed by atoms with van der Waals surface area (Å²) in [7, 11) is 1.66. The maximum absolute atomic E-state index is 13.4. The third kappa shape index (κ3) is 4.29. The fourth-order valence-corrected chi connectivity index (χ4v) is 4.44. The second kappa shape index (κ2) is 9.36. The van der Waals surface area contributed by atoms with Crippen LogP contribution in [0.2, 0.25) is 0 Å². The highest BCUT2D eigenvalue weighted by Gasteiger charge is 2.23. The number of piperidine rings is 1. The average Bonchev–Trinajstić information content (AvgIpc) is 3.32. The van der Waals surface area contributed by atoms with E-state index in [4.69, 9.17) is 9.72 Å². The van der Waals surface area contributed by atoms with Crippen molar-refractivity contribution in [1.29, 1.82) is 0 Å². The predicted octanol–water partition coefficient (Wildman–Crippen LogP) is 5.27. The first-order chi connectivity index (χ1) is 16.2. The number of rotatable bonds is 6. The van der Waals surface area contributed by atoms with Crippen molar-refractivity contribution in [3.8, 4) is 11.4 Å². The number of aromatic nitrogens is 2. The standard InChI is InChI=1S/C27H28N4O2/c1-33-22-12-10-21(11-13-22)31-17-14-23-25(28-18-20-8-4-2-5-9-20)24(19-29-26(23)31)27(32)30-15-6-3-7-16-30/h2,4-5,8-14,17,19H,3,6-7,15-16,18H2,1H3,(H,28,29). The fraction of sp³-hybridized carbons (Fsp3) is 0.259. The van der Waals surface area contributed by atoms with Crippen LogP contribution in [0.4, 0.5) is 5.69 Å². The number of nitrogens with zero attached hydrogens (tertiary/aromatic N) is 3. The maximum Gasteiger partial charge on any atom is 0.257 e. The van der Waals surface area contributed by atoms with Crippen LogP contribution < -0.4 is 10.1 Å². The molecule has 4 aromatic rings. The van der Waals surface area contributed by atoms with Gasteiger partial charge in [0.05, 0.1) is 18.4 Å². The zero-order chi connectivity index (χ0) is 22.6. The molecule has 0 spiro atoms. The molecule has 1 aliphatic heterocycles. The molecular weight excluding hydrogens is 412 g/mol. The van der Waals surface area contributed by atoms with E-state index in [-0.39, 0.29) is 5.91 Å². The van der Waals surface area contributed by atoms with Crippen molar-refractivity contribution in [2.75, 3.05) is 25.5 Å². The van der Waals surface area contributed by atoms with Gasteiger partial charge in [-0.3, -0.25) is 4.79 Å². The molecular formula is C27H28N4O2. The molecule has 0 bridgehead atoms. The van der Waals surface area contributed by atoms with Crippen LogP contribution in [0.5, 0.6) is 5.75 Å². The minimum Gasteiger partial charge on any atom is -0.497 e. The van der Waals surface area contributed by atoms with Crippen molar-refractivity contribution in [3.05, 3.63) is 84.2 Å². The largest absolute Gasteiger partial charge is 0.497 e. The summed E-state index contributed by atoms with van der Waals surface area (Å²) in [6.07, 6.45) is 7.03. The number of fused-ring (bicyclic) bond motifs is 1. The lowest BCUT2D eigenvalue weighted by atomic mass is 10.1. The first-order valence-corrected chi connectivity index (χ1v) is 11.5. The van der Waals surface area contributed by atoms with Gasteiger partial charge in [0, 0.05) is 43.1 Å². The van der Waals surface area contributed by atoms with E-state index in [0.717, 1.165) is 59.7 Å². The molecule has 1 aliphatic rings. The van der Waals surface area contributed by atoms with Crippen LogP contribution in [0.1, 0.15) is 35.2 Å². The highest BCUT2D eigenvalue weighted by molar-refractivity contribution is 6.07. The van der Waals surface area contributed by atoms with Crippen LogP contribution >= 0.6 is 0 Å². The summed E-state index contributed by atoms with van der Waals surface area (Å²) in [5, 5.41) is 4.49. The molecule has 5 rings (SSSR count). The number of benzene rings is 2. The number of hydrogen-bond acceptors (Lipinski definition) is 4. The lowest BCUT2D eigenvalue weighted by molar-refractivity contribution is 0.0725. The number of carbonyl (C=O) groups is 1. The van der Waals surface area contributed by atoms with Gasteiger partial charge in [0.1, 0.15) is 11.4 Å². The molecule has 2 aromatic carbocycles. The van der Waals surface area contributed by atoms with E-state index < -0.39 is 0 Å². The molecule has 6 heteroatoms. The molecule has 0 saturated carbocycles. The summed E-state index contributed by atoms with van der Waals surface area (Å²) in [4.78, 5) is 20.1. The zero-order valence-corrected chi connectivity index (χ0v) is 18.8. The second-order valence-corrected chi connectivity index (χ2v) is 8.36. The predicted molar refractivity (Wildman–Crippen MR) is 131 cm³/mol. The highest BCUT2D eigenvalue weighted by atomic mass is 16.5. The van der Waals surface area contributed by atoms with Crippen molar-refractivity contribution in [2.24, 2.45) is 0 Å². The van der Waals surface area contributed by atoms with Crippen molar-refractivity contribution in [3.63, 3.8) is 0 Å². The molecule has 0 atom stereocenters. The molecule has 1 saturated heterocycles. The first-order valence-electron chi connectivity index (χ1n) is 11.5. The Hall–Kier alpha value is -3.80. The minimum absolute atomic E-state index is 0.0526. The van der Waals surface area contributed by atoms with Crippen LogP contribution in [0, 0.1) is 0 Å². The number of anilines is 1. The molecule has 0 radical (unpaired) electrons. The normalized spacial score (nSPS) is 13.8. The Bertz CT molecular complexity index is 1240. The number of hydrogen-bond donors (Lipinski definition) is 1. The van der Waals surface area contributed by atoms with Gasteiger partial charge in [-0.1, -0.05) is 30.3 Å².